The van der Waals surface area contributed by atoms with Gasteiger partial charge in [0.15, 0.2) is 11.7 Å². The van der Waals surface area contributed by atoms with Crippen LogP contribution < -0.4 is 11.1 Å². The number of aliphatic hydroxyl groups is 1. The van der Waals surface area contributed by atoms with Crippen LogP contribution in [-0.2, 0) is 4.79 Å². The molecular weight excluding hydrogens is 477 g/mol. The van der Waals surface area contributed by atoms with Crippen molar-refractivity contribution in [1.82, 2.24) is 19.7 Å². The summed E-state index contributed by atoms with van der Waals surface area (Å²) in [6.45, 7) is 0.616. The zero-order valence-corrected chi connectivity index (χ0v) is 19.3. The number of likely N-dealkylation sites (tertiary alicyclic amines) is 1. The average Bonchev–Trinajstić information content (AvgIpc) is 3.37. The first-order chi connectivity index (χ1) is 16.9. The van der Waals surface area contributed by atoms with E-state index in [1.165, 1.54) is 12.1 Å². The number of rotatable bonds is 6. The molecule has 2 aromatic heterocycles. The van der Waals surface area contributed by atoms with Crippen molar-refractivity contribution in [2.75, 3.05) is 30.7 Å². The molecule has 3 aromatic rings. The fourth-order valence-corrected chi connectivity index (χ4v) is 4.09. The van der Waals surface area contributed by atoms with Crippen molar-refractivity contribution in [3.63, 3.8) is 0 Å². The number of nitrogen functional groups attached to an aromatic ring is 1. The van der Waals surface area contributed by atoms with Crippen molar-refractivity contribution in [1.29, 1.82) is 5.53 Å². The maximum Gasteiger partial charge on any atom is 0.248 e. The Kier molecular flexibility index (Phi) is 7.32. The zero-order chi connectivity index (χ0) is 24.9. The van der Waals surface area contributed by atoms with Gasteiger partial charge in [-0.15, -0.1) is 5.10 Å². The fraction of sp³-hybridized carbons (Fsp3) is 0.273. The molecule has 13 heteroatoms. The third-order valence-corrected chi connectivity index (χ3v) is 6.08. The number of carbonyl (C=O) groups is 1. The minimum atomic E-state index is -0.678. The number of amidine groups is 1. The van der Waals surface area contributed by atoms with Gasteiger partial charge >= 0.3 is 0 Å². The highest BCUT2D eigenvalue weighted by Crippen LogP contribution is 2.28. The Hall–Kier alpha value is -3.90. The molecule has 1 amide bonds. The number of halogens is 2. The second-order valence-electron chi connectivity index (χ2n) is 7.91. The Morgan fingerprint density at radius 1 is 1.31 bits per heavy atom. The van der Waals surface area contributed by atoms with Crippen molar-refractivity contribution < 1.29 is 14.3 Å². The van der Waals surface area contributed by atoms with Gasteiger partial charge in [-0.25, -0.2) is 9.37 Å². The number of pyridine rings is 1. The number of nitrogens with two attached hydrogens (primary N) is 1. The van der Waals surface area contributed by atoms with Crippen LogP contribution in [0.2, 0.25) is 5.02 Å². The first-order valence-corrected chi connectivity index (χ1v) is 11.1. The van der Waals surface area contributed by atoms with Gasteiger partial charge in [-0.3, -0.25) is 9.48 Å². The van der Waals surface area contributed by atoms with Gasteiger partial charge < -0.3 is 21.1 Å². The number of carbonyl (C=O) groups excluding carboxylic acids is 1. The molecule has 0 bridgehead atoms. The topological polar surface area (TPSA) is 158 Å². The normalized spacial score (nSPS) is 14.7. The van der Waals surface area contributed by atoms with E-state index in [1.807, 2.05) is 10.9 Å². The Balaban J connectivity index is 1.57. The summed E-state index contributed by atoms with van der Waals surface area (Å²) in [5.74, 6) is -0.809. The van der Waals surface area contributed by atoms with Gasteiger partial charge in [-0.2, -0.15) is 10.6 Å². The van der Waals surface area contributed by atoms with E-state index >= 15 is 0 Å². The van der Waals surface area contributed by atoms with E-state index in [0.717, 1.165) is 18.4 Å². The molecule has 35 heavy (non-hydrogen) atoms. The standard InChI is InChI=1S/C22H23ClFN9O2/c23-17-2-1-3-18(20(17)24)29-22(30-31-26)16-8-13(9-27-21(16)25)14-10-28-33(11-14)15-4-6-32(7-5-15)19(35)12-34/h1-3,8-11,15,34H,4-7,12H2,(H2,25,27)(H2,26,29,30). The van der Waals surface area contributed by atoms with E-state index in [-0.39, 0.29) is 34.3 Å². The summed E-state index contributed by atoms with van der Waals surface area (Å²) in [6, 6.07) is 6.26. The Labute approximate surface area is 204 Å². The Bertz CT molecular complexity index is 1270. The third kappa shape index (κ3) is 5.28. The lowest BCUT2D eigenvalue weighted by molar-refractivity contribution is -0.135. The van der Waals surface area contributed by atoms with Gasteiger partial charge in [0.25, 0.3) is 0 Å². The minimum Gasteiger partial charge on any atom is -0.387 e. The van der Waals surface area contributed by atoms with Crippen LogP contribution in [0.3, 0.4) is 0 Å². The van der Waals surface area contributed by atoms with Crippen molar-refractivity contribution in [2.24, 2.45) is 10.3 Å². The molecule has 182 valence electrons. The van der Waals surface area contributed by atoms with Crippen LogP contribution in [0.1, 0.15) is 24.4 Å². The highest BCUT2D eigenvalue weighted by molar-refractivity contribution is 6.31. The van der Waals surface area contributed by atoms with Crippen LogP contribution in [0, 0.1) is 11.3 Å². The SMILES string of the molecule is N=N/N=C(\Nc1cccc(Cl)c1F)c1cc(-c2cnn(C3CCN(C(=O)CO)CC3)c2)cnc1N. The number of nitrogens with zero attached hydrogens (tertiary/aromatic N) is 6. The lowest BCUT2D eigenvalue weighted by atomic mass is 10.0. The fourth-order valence-electron chi connectivity index (χ4n) is 3.91. The molecule has 0 unspecified atom stereocenters. The molecule has 0 spiro atoms. The molecule has 3 heterocycles. The number of amides is 1. The van der Waals surface area contributed by atoms with Crippen molar-refractivity contribution in [3.05, 3.63) is 59.3 Å². The van der Waals surface area contributed by atoms with Gasteiger partial charge in [0, 0.05) is 36.6 Å². The number of hydrogen-bond acceptors (Lipinski definition) is 7. The van der Waals surface area contributed by atoms with Crippen molar-refractivity contribution in [3.8, 4) is 11.1 Å². The van der Waals surface area contributed by atoms with Crippen LogP contribution in [0.25, 0.3) is 11.1 Å². The van der Waals surface area contributed by atoms with E-state index in [0.29, 0.717) is 24.2 Å². The molecule has 1 saturated heterocycles. The summed E-state index contributed by atoms with van der Waals surface area (Å²) < 4.78 is 16.3. The summed E-state index contributed by atoms with van der Waals surface area (Å²) in [5.41, 5.74) is 15.0. The van der Waals surface area contributed by atoms with E-state index < -0.39 is 12.4 Å². The van der Waals surface area contributed by atoms with Gasteiger partial charge in [0.2, 0.25) is 5.91 Å². The highest BCUT2D eigenvalue weighted by atomic mass is 35.5. The van der Waals surface area contributed by atoms with E-state index in [9.17, 15) is 9.18 Å². The molecule has 0 radical (unpaired) electrons. The molecule has 1 aliphatic heterocycles. The molecule has 0 aliphatic carbocycles. The van der Waals surface area contributed by atoms with Crippen LogP contribution in [-0.4, -0.2) is 56.2 Å². The molecule has 1 fully saturated rings. The average molecular weight is 500 g/mol. The molecule has 0 atom stereocenters. The van der Waals surface area contributed by atoms with E-state index in [1.54, 1.807) is 29.4 Å². The quantitative estimate of drug-likeness (QED) is 0.176. The second kappa shape index (κ2) is 10.6. The predicted molar refractivity (Wildman–Crippen MR) is 129 cm³/mol. The summed E-state index contributed by atoms with van der Waals surface area (Å²) in [6.07, 6.45) is 6.58. The van der Waals surface area contributed by atoms with Crippen molar-refractivity contribution in [2.45, 2.75) is 18.9 Å². The van der Waals surface area contributed by atoms with Crippen LogP contribution in [0.5, 0.6) is 0 Å². The molecule has 11 nitrogen and oxygen atoms in total. The second-order valence-corrected chi connectivity index (χ2v) is 8.32. The summed E-state index contributed by atoms with van der Waals surface area (Å²) >= 11 is 5.86. The molecular formula is C22H23ClFN9O2. The van der Waals surface area contributed by atoms with Gasteiger partial charge in [-0.05, 0) is 31.0 Å². The largest absolute Gasteiger partial charge is 0.387 e. The van der Waals surface area contributed by atoms with E-state index in [4.69, 9.17) is 28.0 Å². The number of aliphatic hydroxyl groups excluding tert-OH is 1. The monoisotopic (exact) mass is 499 g/mol. The van der Waals surface area contributed by atoms with Gasteiger partial charge in [-0.1, -0.05) is 22.9 Å². The van der Waals surface area contributed by atoms with Gasteiger partial charge in [0.05, 0.1) is 28.5 Å². The lowest BCUT2D eigenvalue weighted by Gasteiger charge is -2.31. The maximum atomic E-state index is 14.4. The maximum absolute atomic E-state index is 14.4. The zero-order valence-electron chi connectivity index (χ0n) is 18.5. The number of anilines is 2. The summed E-state index contributed by atoms with van der Waals surface area (Å²) in [7, 11) is 0. The molecule has 4 rings (SSSR count). The Morgan fingerprint density at radius 3 is 2.80 bits per heavy atom. The predicted octanol–water partition coefficient (Wildman–Crippen LogP) is 3.28. The first kappa shape index (κ1) is 24.2. The number of piperidine rings is 1. The summed E-state index contributed by atoms with van der Waals surface area (Å²) in [4.78, 5) is 17.6. The summed E-state index contributed by atoms with van der Waals surface area (Å²) in [5, 5.41) is 23.1. The highest BCUT2D eigenvalue weighted by Gasteiger charge is 2.24. The van der Waals surface area contributed by atoms with Crippen molar-refractivity contribution >= 4 is 34.8 Å². The van der Waals surface area contributed by atoms with Crippen LogP contribution in [0.15, 0.2) is 53.2 Å². The minimum absolute atomic E-state index is 0.0290. The Morgan fingerprint density at radius 2 is 2.09 bits per heavy atom. The first-order valence-electron chi connectivity index (χ1n) is 10.8. The van der Waals surface area contributed by atoms with E-state index in [2.05, 4.69) is 25.7 Å². The molecule has 1 aromatic carbocycles. The lowest BCUT2D eigenvalue weighted by Crippen LogP contribution is -2.40. The number of hydrogen-bond donors (Lipinski definition) is 4. The molecule has 1 aliphatic rings. The number of nitrogens with one attached hydrogen (secondary N) is 2. The number of benzene rings is 1. The molecule has 0 saturated carbocycles. The number of aromatic nitrogens is 3. The smallest absolute Gasteiger partial charge is 0.248 e. The van der Waals surface area contributed by atoms with Crippen LogP contribution in [0.4, 0.5) is 15.9 Å². The third-order valence-electron chi connectivity index (χ3n) is 5.79. The van der Waals surface area contributed by atoms with Crippen LogP contribution >= 0.6 is 11.6 Å². The van der Waals surface area contributed by atoms with Gasteiger partial charge in [0.1, 0.15) is 12.4 Å². The molecule has 5 N–H and O–H groups in total.